The molecule has 3 N–H and O–H groups in total. The summed E-state index contributed by atoms with van der Waals surface area (Å²) in [5.41, 5.74) is 2.21. The number of nitrogens with two attached hydrogens (primary N) is 1. The second kappa shape index (κ2) is 4.75. The van der Waals surface area contributed by atoms with E-state index in [2.05, 4.69) is 24.2 Å². The Labute approximate surface area is 85.8 Å². The molecule has 1 aliphatic heterocycles. The van der Waals surface area contributed by atoms with Crippen molar-refractivity contribution >= 4 is 5.91 Å². The lowest BCUT2D eigenvalue weighted by Crippen LogP contribution is -2.51. The fourth-order valence-corrected chi connectivity index (χ4v) is 2.31. The van der Waals surface area contributed by atoms with Crippen LogP contribution in [0, 0.1) is 11.8 Å². The van der Waals surface area contributed by atoms with Crippen molar-refractivity contribution in [2.24, 2.45) is 17.7 Å². The SMILES string of the molecule is C[C@@H]1C[C@@H](C)CN([C@@H](C)C(=O)NN)C1. The zero-order chi connectivity index (χ0) is 10.7. The molecule has 4 nitrogen and oxygen atoms in total. The zero-order valence-corrected chi connectivity index (χ0v) is 9.29. The third-order valence-corrected chi connectivity index (χ3v) is 2.97. The lowest BCUT2D eigenvalue weighted by molar-refractivity contribution is -0.126. The summed E-state index contributed by atoms with van der Waals surface area (Å²) in [5, 5.41) is 0. The summed E-state index contributed by atoms with van der Waals surface area (Å²) < 4.78 is 0. The number of hydrogen-bond acceptors (Lipinski definition) is 3. The van der Waals surface area contributed by atoms with Gasteiger partial charge in [-0.15, -0.1) is 0 Å². The maximum absolute atomic E-state index is 11.3. The van der Waals surface area contributed by atoms with Crippen molar-refractivity contribution in [2.75, 3.05) is 13.1 Å². The molecular formula is C10H21N3O. The van der Waals surface area contributed by atoms with Gasteiger partial charge in [-0.2, -0.15) is 0 Å². The monoisotopic (exact) mass is 199 g/mol. The first-order valence-electron chi connectivity index (χ1n) is 5.29. The molecule has 1 rings (SSSR count). The summed E-state index contributed by atoms with van der Waals surface area (Å²) in [5.74, 6) is 6.38. The number of carbonyl (C=O) groups excluding carboxylic acids is 1. The molecule has 0 radical (unpaired) electrons. The molecule has 1 amide bonds. The summed E-state index contributed by atoms with van der Waals surface area (Å²) in [6, 6.07) is -0.106. The summed E-state index contributed by atoms with van der Waals surface area (Å²) in [6.07, 6.45) is 1.26. The molecule has 0 unspecified atom stereocenters. The van der Waals surface area contributed by atoms with E-state index in [0.29, 0.717) is 11.8 Å². The van der Waals surface area contributed by atoms with Gasteiger partial charge in [-0.1, -0.05) is 13.8 Å². The zero-order valence-electron chi connectivity index (χ0n) is 9.29. The minimum atomic E-state index is -0.106. The van der Waals surface area contributed by atoms with E-state index in [1.807, 2.05) is 6.92 Å². The Morgan fingerprint density at radius 1 is 1.43 bits per heavy atom. The Balaban J connectivity index is 2.54. The highest BCUT2D eigenvalue weighted by Gasteiger charge is 2.28. The Kier molecular flexibility index (Phi) is 3.89. The highest BCUT2D eigenvalue weighted by molar-refractivity contribution is 5.80. The average Bonchev–Trinajstić information content (AvgIpc) is 2.14. The van der Waals surface area contributed by atoms with Crippen LogP contribution >= 0.6 is 0 Å². The van der Waals surface area contributed by atoms with Gasteiger partial charge in [-0.3, -0.25) is 15.1 Å². The van der Waals surface area contributed by atoms with E-state index in [1.54, 1.807) is 0 Å². The first-order valence-corrected chi connectivity index (χ1v) is 5.29. The fourth-order valence-electron chi connectivity index (χ4n) is 2.31. The van der Waals surface area contributed by atoms with E-state index < -0.39 is 0 Å². The average molecular weight is 199 g/mol. The van der Waals surface area contributed by atoms with Gasteiger partial charge in [0.15, 0.2) is 0 Å². The van der Waals surface area contributed by atoms with Crippen molar-refractivity contribution in [1.29, 1.82) is 0 Å². The molecule has 0 aromatic carbocycles. The predicted octanol–water partition coefficient (Wildman–Crippen LogP) is 0.343. The number of hydrogen-bond donors (Lipinski definition) is 2. The molecule has 1 fully saturated rings. The summed E-state index contributed by atoms with van der Waals surface area (Å²) >= 11 is 0. The van der Waals surface area contributed by atoms with Crippen LogP contribution in [0.3, 0.4) is 0 Å². The van der Waals surface area contributed by atoms with Crippen LogP contribution in [0.5, 0.6) is 0 Å². The molecule has 0 aromatic heterocycles. The maximum Gasteiger partial charge on any atom is 0.250 e. The standard InChI is InChI=1S/C10H21N3O/c1-7-4-8(2)6-13(5-7)9(3)10(14)12-11/h7-9H,4-6,11H2,1-3H3,(H,12,14)/t7-,8-,9+/m1/s1. The van der Waals surface area contributed by atoms with Gasteiger partial charge >= 0.3 is 0 Å². The molecule has 0 bridgehead atoms. The van der Waals surface area contributed by atoms with Gasteiger partial charge in [0.2, 0.25) is 0 Å². The number of nitrogens with zero attached hydrogens (tertiary/aromatic N) is 1. The van der Waals surface area contributed by atoms with E-state index in [9.17, 15) is 4.79 Å². The number of hydrazine groups is 1. The molecule has 0 spiro atoms. The van der Waals surface area contributed by atoms with Crippen LogP contribution in [0.4, 0.5) is 0 Å². The Hall–Kier alpha value is -0.610. The van der Waals surface area contributed by atoms with Crippen LogP contribution in [0.1, 0.15) is 27.2 Å². The van der Waals surface area contributed by atoms with Crippen molar-refractivity contribution < 1.29 is 4.79 Å². The fraction of sp³-hybridized carbons (Fsp3) is 0.900. The molecule has 1 saturated heterocycles. The summed E-state index contributed by atoms with van der Waals surface area (Å²) in [6.45, 7) is 8.37. The van der Waals surface area contributed by atoms with Gasteiger partial charge in [0.05, 0.1) is 6.04 Å². The molecule has 0 aromatic rings. The van der Waals surface area contributed by atoms with E-state index in [0.717, 1.165) is 13.1 Å². The van der Waals surface area contributed by atoms with Crippen molar-refractivity contribution in [2.45, 2.75) is 33.2 Å². The lowest BCUT2D eigenvalue weighted by atomic mass is 9.91. The molecular weight excluding hydrogens is 178 g/mol. The Bertz CT molecular complexity index is 198. The van der Waals surface area contributed by atoms with Crippen LogP contribution in [-0.4, -0.2) is 29.9 Å². The minimum Gasteiger partial charge on any atom is -0.293 e. The van der Waals surface area contributed by atoms with E-state index >= 15 is 0 Å². The second-order valence-electron chi connectivity index (χ2n) is 4.58. The maximum atomic E-state index is 11.3. The third kappa shape index (κ3) is 2.69. The van der Waals surface area contributed by atoms with Crippen LogP contribution < -0.4 is 11.3 Å². The molecule has 0 aliphatic carbocycles. The Morgan fingerprint density at radius 2 is 1.93 bits per heavy atom. The van der Waals surface area contributed by atoms with Crippen molar-refractivity contribution in [3.8, 4) is 0 Å². The predicted molar refractivity (Wildman–Crippen MR) is 56.3 cm³/mol. The van der Waals surface area contributed by atoms with Crippen LogP contribution in [-0.2, 0) is 4.79 Å². The number of likely N-dealkylation sites (tertiary alicyclic amines) is 1. The van der Waals surface area contributed by atoms with E-state index in [1.165, 1.54) is 6.42 Å². The molecule has 1 aliphatic rings. The van der Waals surface area contributed by atoms with Gasteiger partial charge in [-0.05, 0) is 25.2 Å². The van der Waals surface area contributed by atoms with Crippen molar-refractivity contribution in [3.05, 3.63) is 0 Å². The number of rotatable bonds is 2. The second-order valence-corrected chi connectivity index (χ2v) is 4.58. The largest absolute Gasteiger partial charge is 0.293 e. The van der Waals surface area contributed by atoms with Crippen molar-refractivity contribution in [3.63, 3.8) is 0 Å². The smallest absolute Gasteiger partial charge is 0.250 e. The van der Waals surface area contributed by atoms with Gasteiger partial charge in [0.25, 0.3) is 5.91 Å². The third-order valence-electron chi connectivity index (χ3n) is 2.97. The minimum absolute atomic E-state index is 0.0914. The number of carbonyl (C=O) groups is 1. The number of amides is 1. The highest BCUT2D eigenvalue weighted by atomic mass is 16.2. The molecule has 4 heteroatoms. The molecule has 14 heavy (non-hydrogen) atoms. The quantitative estimate of drug-likeness (QED) is 0.383. The Morgan fingerprint density at radius 3 is 2.36 bits per heavy atom. The number of piperidine rings is 1. The van der Waals surface area contributed by atoms with Gasteiger partial charge in [-0.25, -0.2) is 5.84 Å². The summed E-state index contributed by atoms with van der Waals surface area (Å²) in [7, 11) is 0. The van der Waals surface area contributed by atoms with Crippen LogP contribution in [0.2, 0.25) is 0 Å². The molecule has 0 saturated carbocycles. The highest BCUT2D eigenvalue weighted by Crippen LogP contribution is 2.22. The summed E-state index contributed by atoms with van der Waals surface area (Å²) in [4.78, 5) is 13.6. The first kappa shape index (κ1) is 11.5. The lowest BCUT2D eigenvalue weighted by Gasteiger charge is -2.37. The molecule has 1 heterocycles. The van der Waals surface area contributed by atoms with E-state index in [-0.39, 0.29) is 11.9 Å². The van der Waals surface area contributed by atoms with E-state index in [4.69, 9.17) is 5.84 Å². The number of nitrogens with one attached hydrogen (secondary N) is 1. The van der Waals surface area contributed by atoms with Gasteiger partial charge in [0, 0.05) is 13.1 Å². The molecule has 3 atom stereocenters. The molecule has 82 valence electrons. The topological polar surface area (TPSA) is 58.4 Å². The van der Waals surface area contributed by atoms with Crippen molar-refractivity contribution in [1.82, 2.24) is 10.3 Å². The van der Waals surface area contributed by atoms with Gasteiger partial charge < -0.3 is 0 Å². The first-order chi connectivity index (χ1) is 6.54. The normalized spacial score (nSPS) is 31.1. The van der Waals surface area contributed by atoms with Crippen LogP contribution in [0.15, 0.2) is 0 Å². The van der Waals surface area contributed by atoms with Crippen LogP contribution in [0.25, 0.3) is 0 Å². The van der Waals surface area contributed by atoms with Gasteiger partial charge in [0.1, 0.15) is 0 Å².